The first-order valence-electron chi connectivity index (χ1n) is 6.31. The van der Waals surface area contributed by atoms with Gasteiger partial charge in [-0.2, -0.15) is 0 Å². The highest BCUT2D eigenvalue weighted by atomic mass is 14.1. The zero-order valence-electron chi connectivity index (χ0n) is 10.8. The Morgan fingerprint density at radius 2 is 1.44 bits per heavy atom. The van der Waals surface area contributed by atoms with E-state index in [0.29, 0.717) is 0 Å². The van der Waals surface area contributed by atoms with Gasteiger partial charge in [-0.05, 0) is 52.9 Å². The zero-order valence-corrected chi connectivity index (χ0v) is 10.8. The van der Waals surface area contributed by atoms with Crippen LogP contribution in [0.25, 0.3) is 21.9 Å². The van der Waals surface area contributed by atoms with E-state index in [2.05, 4.69) is 74.5 Å². The second-order valence-corrected chi connectivity index (χ2v) is 4.81. The van der Waals surface area contributed by atoms with Gasteiger partial charge in [0.25, 0.3) is 0 Å². The number of fused-ring (bicyclic) bond motifs is 1. The van der Waals surface area contributed by atoms with Crippen LogP contribution in [0.15, 0.2) is 60.7 Å². The third-order valence-electron chi connectivity index (χ3n) is 3.67. The van der Waals surface area contributed by atoms with Crippen LogP contribution < -0.4 is 0 Å². The molecule has 0 aliphatic rings. The van der Waals surface area contributed by atoms with Crippen LogP contribution in [0.2, 0.25) is 0 Å². The monoisotopic (exact) mass is 232 g/mol. The second kappa shape index (κ2) is 4.30. The van der Waals surface area contributed by atoms with Crippen LogP contribution >= 0.6 is 0 Å². The van der Waals surface area contributed by atoms with E-state index in [4.69, 9.17) is 0 Å². The first-order valence-corrected chi connectivity index (χ1v) is 6.31. The van der Waals surface area contributed by atoms with Gasteiger partial charge in [-0.1, -0.05) is 54.6 Å². The van der Waals surface area contributed by atoms with Crippen LogP contribution in [0.5, 0.6) is 0 Å². The zero-order chi connectivity index (χ0) is 12.5. The summed E-state index contributed by atoms with van der Waals surface area (Å²) in [6, 6.07) is 21.7. The van der Waals surface area contributed by atoms with E-state index in [1.54, 1.807) is 0 Å². The van der Waals surface area contributed by atoms with Crippen molar-refractivity contribution in [3.8, 4) is 11.1 Å². The van der Waals surface area contributed by atoms with Crippen LogP contribution in [-0.2, 0) is 0 Å². The molecule has 0 bridgehead atoms. The van der Waals surface area contributed by atoms with Crippen LogP contribution in [0.3, 0.4) is 0 Å². The van der Waals surface area contributed by atoms with Crippen molar-refractivity contribution in [2.75, 3.05) is 0 Å². The lowest BCUT2D eigenvalue weighted by atomic mass is 9.95. The van der Waals surface area contributed by atoms with Gasteiger partial charge in [0.15, 0.2) is 0 Å². The Hall–Kier alpha value is -2.08. The molecule has 18 heavy (non-hydrogen) atoms. The van der Waals surface area contributed by atoms with Crippen LogP contribution in [0.4, 0.5) is 0 Å². The normalized spacial score (nSPS) is 10.8. The van der Waals surface area contributed by atoms with Crippen LogP contribution in [-0.4, -0.2) is 0 Å². The summed E-state index contributed by atoms with van der Waals surface area (Å²) in [5, 5.41) is 2.60. The second-order valence-electron chi connectivity index (χ2n) is 4.81. The predicted octanol–water partition coefficient (Wildman–Crippen LogP) is 5.12. The number of hydrogen-bond donors (Lipinski definition) is 0. The highest BCUT2D eigenvalue weighted by Crippen LogP contribution is 2.28. The van der Waals surface area contributed by atoms with Crippen LogP contribution in [0.1, 0.15) is 11.1 Å². The minimum Gasteiger partial charge on any atom is -0.0616 e. The van der Waals surface area contributed by atoms with Crippen molar-refractivity contribution in [3.63, 3.8) is 0 Å². The molecule has 0 aliphatic carbocycles. The number of aryl methyl sites for hydroxylation is 1. The van der Waals surface area contributed by atoms with E-state index < -0.39 is 0 Å². The molecular formula is C18H16. The van der Waals surface area contributed by atoms with Crippen molar-refractivity contribution < 1.29 is 0 Å². The van der Waals surface area contributed by atoms with Gasteiger partial charge in [0.05, 0.1) is 0 Å². The van der Waals surface area contributed by atoms with Gasteiger partial charge in [-0.25, -0.2) is 0 Å². The molecule has 0 radical (unpaired) electrons. The molecule has 0 unspecified atom stereocenters. The van der Waals surface area contributed by atoms with E-state index in [9.17, 15) is 0 Å². The summed E-state index contributed by atoms with van der Waals surface area (Å²) in [6.07, 6.45) is 0. The number of rotatable bonds is 1. The van der Waals surface area contributed by atoms with Gasteiger partial charge < -0.3 is 0 Å². The Morgan fingerprint density at radius 1 is 0.667 bits per heavy atom. The Labute approximate surface area is 108 Å². The maximum Gasteiger partial charge on any atom is -0.0152 e. The lowest BCUT2D eigenvalue weighted by Gasteiger charge is -2.09. The average Bonchev–Trinajstić information content (AvgIpc) is 2.41. The van der Waals surface area contributed by atoms with Crippen molar-refractivity contribution in [2.45, 2.75) is 13.8 Å². The maximum atomic E-state index is 2.27. The molecule has 0 amide bonds. The van der Waals surface area contributed by atoms with Crippen molar-refractivity contribution in [2.24, 2.45) is 0 Å². The molecule has 3 aromatic carbocycles. The van der Waals surface area contributed by atoms with Crippen molar-refractivity contribution >= 4 is 10.8 Å². The molecule has 0 fully saturated rings. The van der Waals surface area contributed by atoms with Gasteiger partial charge in [0, 0.05) is 0 Å². The van der Waals surface area contributed by atoms with Crippen molar-refractivity contribution in [1.29, 1.82) is 0 Å². The summed E-state index contributed by atoms with van der Waals surface area (Å²) >= 11 is 0. The third kappa shape index (κ3) is 1.80. The standard InChI is InChI=1S/C18H16/c1-13-6-5-9-18(14(13)2)17-11-10-15-7-3-4-8-16(15)12-17/h3-12H,1-2H3. The van der Waals surface area contributed by atoms with E-state index >= 15 is 0 Å². The molecule has 0 heteroatoms. The number of benzene rings is 3. The van der Waals surface area contributed by atoms with Gasteiger partial charge in [0.2, 0.25) is 0 Å². The molecule has 0 N–H and O–H groups in total. The van der Waals surface area contributed by atoms with E-state index in [1.807, 2.05) is 0 Å². The first kappa shape index (κ1) is 11.0. The summed E-state index contributed by atoms with van der Waals surface area (Å²) in [6.45, 7) is 4.36. The molecule has 0 saturated heterocycles. The van der Waals surface area contributed by atoms with E-state index in [1.165, 1.54) is 33.0 Å². The summed E-state index contributed by atoms with van der Waals surface area (Å²) in [5.74, 6) is 0. The summed E-state index contributed by atoms with van der Waals surface area (Å²) in [5.41, 5.74) is 5.35. The van der Waals surface area contributed by atoms with Gasteiger partial charge in [-0.3, -0.25) is 0 Å². The predicted molar refractivity (Wildman–Crippen MR) is 78.9 cm³/mol. The maximum absolute atomic E-state index is 2.27. The van der Waals surface area contributed by atoms with E-state index in [-0.39, 0.29) is 0 Å². The average molecular weight is 232 g/mol. The lowest BCUT2D eigenvalue weighted by molar-refractivity contribution is 1.34. The first-order chi connectivity index (χ1) is 8.75. The fourth-order valence-electron chi connectivity index (χ4n) is 2.42. The quantitative estimate of drug-likeness (QED) is 0.546. The van der Waals surface area contributed by atoms with Gasteiger partial charge in [-0.15, -0.1) is 0 Å². The van der Waals surface area contributed by atoms with E-state index in [0.717, 1.165) is 0 Å². The molecule has 0 aliphatic heterocycles. The fourth-order valence-corrected chi connectivity index (χ4v) is 2.42. The minimum absolute atomic E-state index is 1.30. The molecule has 0 saturated carbocycles. The van der Waals surface area contributed by atoms with Gasteiger partial charge in [0.1, 0.15) is 0 Å². The largest absolute Gasteiger partial charge is 0.0616 e. The molecule has 88 valence electrons. The molecule has 0 aromatic heterocycles. The molecule has 3 aromatic rings. The third-order valence-corrected chi connectivity index (χ3v) is 3.67. The molecule has 3 rings (SSSR count). The Bertz CT molecular complexity index is 708. The minimum atomic E-state index is 1.30. The molecule has 0 nitrogen and oxygen atoms in total. The lowest BCUT2D eigenvalue weighted by Crippen LogP contribution is -1.86. The van der Waals surface area contributed by atoms with Crippen molar-refractivity contribution in [3.05, 3.63) is 71.8 Å². The summed E-state index contributed by atoms with van der Waals surface area (Å²) < 4.78 is 0. The molecule has 0 atom stereocenters. The fraction of sp³-hybridized carbons (Fsp3) is 0.111. The summed E-state index contributed by atoms with van der Waals surface area (Å²) in [7, 11) is 0. The molecule has 0 heterocycles. The number of hydrogen-bond acceptors (Lipinski definition) is 0. The van der Waals surface area contributed by atoms with Gasteiger partial charge >= 0.3 is 0 Å². The Balaban J connectivity index is 2.22. The topological polar surface area (TPSA) is 0 Å². The van der Waals surface area contributed by atoms with Crippen LogP contribution in [0, 0.1) is 13.8 Å². The Kier molecular flexibility index (Phi) is 2.64. The molecular weight excluding hydrogens is 216 g/mol. The Morgan fingerprint density at radius 3 is 2.28 bits per heavy atom. The summed E-state index contributed by atoms with van der Waals surface area (Å²) in [4.78, 5) is 0. The smallest absolute Gasteiger partial charge is 0.0152 e. The SMILES string of the molecule is Cc1cccc(-c2ccc3ccccc3c2)c1C. The highest BCUT2D eigenvalue weighted by molar-refractivity contribution is 5.87. The molecule has 0 spiro atoms. The highest BCUT2D eigenvalue weighted by Gasteiger charge is 2.04. The van der Waals surface area contributed by atoms with Crippen molar-refractivity contribution in [1.82, 2.24) is 0 Å².